The van der Waals surface area contributed by atoms with Crippen molar-refractivity contribution in [2.45, 2.75) is 6.04 Å². The van der Waals surface area contributed by atoms with Crippen molar-refractivity contribution in [2.75, 3.05) is 5.88 Å². The molecule has 4 heteroatoms. The summed E-state index contributed by atoms with van der Waals surface area (Å²) in [5.41, 5.74) is 1.66. The van der Waals surface area contributed by atoms with Crippen molar-refractivity contribution >= 4 is 17.5 Å². The molecule has 0 unspecified atom stereocenters. The summed E-state index contributed by atoms with van der Waals surface area (Å²) in [6.45, 7) is 0. The first kappa shape index (κ1) is 13.6. The molecule has 0 aliphatic heterocycles. The number of hydrogen-bond donors (Lipinski definition) is 1. The normalized spacial score (nSPS) is 10.5. The molecule has 0 heterocycles. The predicted molar refractivity (Wildman–Crippen MR) is 74.1 cm³/mol. The van der Waals surface area contributed by atoms with Crippen molar-refractivity contribution < 1.29 is 10.0 Å². The first-order valence-electron chi connectivity index (χ1n) is 5.91. The van der Waals surface area contributed by atoms with Crippen molar-refractivity contribution in [1.29, 1.82) is 0 Å². The van der Waals surface area contributed by atoms with Crippen molar-refractivity contribution in [1.82, 2.24) is 5.06 Å². The number of carbonyl (C=O) groups excluding carboxylic acids is 1. The zero-order valence-corrected chi connectivity index (χ0v) is 11.0. The molecule has 19 heavy (non-hydrogen) atoms. The lowest BCUT2D eigenvalue weighted by Gasteiger charge is -2.26. The van der Waals surface area contributed by atoms with Crippen LogP contribution in [0.5, 0.6) is 0 Å². The van der Waals surface area contributed by atoms with Crippen LogP contribution in [-0.2, 0) is 4.79 Å². The maximum atomic E-state index is 11.6. The van der Waals surface area contributed by atoms with Gasteiger partial charge in [-0.15, -0.1) is 11.6 Å². The topological polar surface area (TPSA) is 40.5 Å². The van der Waals surface area contributed by atoms with Crippen LogP contribution >= 0.6 is 11.6 Å². The Morgan fingerprint density at radius 2 is 1.42 bits per heavy atom. The summed E-state index contributed by atoms with van der Waals surface area (Å²) in [6, 6.07) is 18.1. The first-order chi connectivity index (χ1) is 9.24. The van der Waals surface area contributed by atoms with Gasteiger partial charge in [0.25, 0.3) is 5.91 Å². The molecule has 1 amide bonds. The van der Waals surface area contributed by atoms with Gasteiger partial charge in [-0.1, -0.05) is 60.7 Å². The second kappa shape index (κ2) is 6.36. The Morgan fingerprint density at radius 3 is 1.79 bits per heavy atom. The minimum Gasteiger partial charge on any atom is -0.285 e. The van der Waals surface area contributed by atoms with Crippen LogP contribution in [0, 0.1) is 0 Å². The number of rotatable bonds is 4. The smallest absolute Gasteiger partial charge is 0.261 e. The van der Waals surface area contributed by atoms with Gasteiger partial charge in [-0.3, -0.25) is 10.0 Å². The van der Waals surface area contributed by atoms with Gasteiger partial charge < -0.3 is 0 Å². The molecule has 2 rings (SSSR count). The van der Waals surface area contributed by atoms with Crippen LogP contribution in [0.25, 0.3) is 0 Å². The molecular weight excluding hydrogens is 262 g/mol. The van der Waals surface area contributed by atoms with Crippen LogP contribution < -0.4 is 0 Å². The summed E-state index contributed by atoms with van der Waals surface area (Å²) < 4.78 is 0. The maximum Gasteiger partial charge on any atom is 0.261 e. The molecule has 0 fully saturated rings. The quantitative estimate of drug-likeness (QED) is 0.529. The summed E-state index contributed by atoms with van der Waals surface area (Å²) in [7, 11) is 0. The van der Waals surface area contributed by atoms with E-state index in [1.54, 1.807) is 0 Å². The molecule has 0 bridgehead atoms. The number of carbonyl (C=O) groups is 1. The Hall–Kier alpha value is -1.84. The Morgan fingerprint density at radius 1 is 1.00 bits per heavy atom. The minimum absolute atomic E-state index is 0.257. The highest BCUT2D eigenvalue weighted by Gasteiger charge is 2.24. The van der Waals surface area contributed by atoms with Gasteiger partial charge in [0.1, 0.15) is 11.9 Å². The Kier molecular flexibility index (Phi) is 4.55. The number of benzene rings is 2. The highest BCUT2D eigenvalue weighted by Crippen LogP contribution is 2.27. The van der Waals surface area contributed by atoms with Gasteiger partial charge in [-0.2, -0.15) is 0 Å². The molecule has 3 nitrogen and oxygen atoms in total. The van der Waals surface area contributed by atoms with E-state index in [9.17, 15) is 10.0 Å². The van der Waals surface area contributed by atoms with Gasteiger partial charge in [-0.25, -0.2) is 5.06 Å². The molecule has 0 aliphatic rings. The molecule has 0 spiro atoms. The molecule has 0 atom stereocenters. The van der Waals surface area contributed by atoms with Gasteiger partial charge in [0, 0.05) is 0 Å². The summed E-state index contributed by atoms with van der Waals surface area (Å²) in [6.07, 6.45) is 0. The lowest BCUT2D eigenvalue weighted by molar-refractivity contribution is -0.170. The SMILES string of the molecule is O=C(CCl)N(O)C(c1ccccc1)c1ccccc1. The Labute approximate surface area is 117 Å². The second-order valence-electron chi connectivity index (χ2n) is 4.10. The van der Waals surface area contributed by atoms with E-state index in [0.29, 0.717) is 5.06 Å². The lowest BCUT2D eigenvalue weighted by Crippen LogP contribution is -2.33. The number of halogens is 1. The summed E-state index contributed by atoms with van der Waals surface area (Å²) in [5.74, 6) is -0.786. The standard InChI is InChI=1S/C15H14ClNO2/c16-11-14(18)17(19)15(12-7-3-1-4-8-12)13-9-5-2-6-10-13/h1-10,15,19H,11H2. The zero-order chi connectivity index (χ0) is 13.7. The Balaban J connectivity index is 2.43. The monoisotopic (exact) mass is 275 g/mol. The maximum absolute atomic E-state index is 11.6. The van der Waals surface area contributed by atoms with Gasteiger partial charge in [-0.05, 0) is 11.1 Å². The van der Waals surface area contributed by atoms with Crippen LogP contribution in [-0.4, -0.2) is 22.1 Å². The van der Waals surface area contributed by atoms with Crippen molar-refractivity contribution in [3.05, 3.63) is 71.8 Å². The van der Waals surface area contributed by atoms with Crippen molar-refractivity contribution in [3.8, 4) is 0 Å². The summed E-state index contributed by atoms with van der Waals surface area (Å²) in [5, 5.41) is 10.8. The van der Waals surface area contributed by atoms with Crippen LogP contribution in [0.2, 0.25) is 0 Å². The number of hydrogen-bond acceptors (Lipinski definition) is 2. The number of nitrogens with zero attached hydrogens (tertiary/aromatic N) is 1. The van der Waals surface area contributed by atoms with Gasteiger partial charge >= 0.3 is 0 Å². The third-order valence-corrected chi connectivity index (χ3v) is 3.07. The number of hydroxylamine groups is 2. The van der Waals surface area contributed by atoms with Gasteiger partial charge in [0.05, 0.1) is 0 Å². The third-order valence-electron chi connectivity index (χ3n) is 2.85. The van der Waals surface area contributed by atoms with E-state index in [1.807, 2.05) is 60.7 Å². The van der Waals surface area contributed by atoms with E-state index in [-0.39, 0.29) is 5.88 Å². The van der Waals surface area contributed by atoms with E-state index < -0.39 is 11.9 Å². The first-order valence-corrected chi connectivity index (χ1v) is 6.44. The minimum atomic E-state index is -0.548. The molecule has 2 aromatic carbocycles. The molecule has 0 aliphatic carbocycles. The van der Waals surface area contributed by atoms with Crippen LogP contribution in [0.1, 0.15) is 17.2 Å². The zero-order valence-electron chi connectivity index (χ0n) is 10.2. The molecule has 98 valence electrons. The summed E-state index contributed by atoms with van der Waals surface area (Å²) >= 11 is 5.51. The predicted octanol–water partition coefficient (Wildman–Crippen LogP) is 3.23. The fourth-order valence-electron chi connectivity index (χ4n) is 1.95. The fraction of sp³-hybridized carbons (Fsp3) is 0.133. The van der Waals surface area contributed by atoms with E-state index >= 15 is 0 Å². The van der Waals surface area contributed by atoms with Crippen molar-refractivity contribution in [3.63, 3.8) is 0 Å². The largest absolute Gasteiger partial charge is 0.285 e. The second-order valence-corrected chi connectivity index (χ2v) is 4.36. The van der Waals surface area contributed by atoms with E-state index in [1.165, 1.54) is 0 Å². The van der Waals surface area contributed by atoms with Crippen molar-refractivity contribution in [2.24, 2.45) is 0 Å². The average Bonchev–Trinajstić information content (AvgIpc) is 2.49. The molecule has 0 aromatic heterocycles. The highest BCUT2D eigenvalue weighted by molar-refractivity contribution is 6.27. The lowest BCUT2D eigenvalue weighted by atomic mass is 9.98. The Bertz CT molecular complexity index is 491. The average molecular weight is 276 g/mol. The third kappa shape index (κ3) is 3.13. The molecule has 0 saturated heterocycles. The number of amides is 1. The molecule has 0 saturated carbocycles. The fourth-order valence-corrected chi connectivity index (χ4v) is 2.07. The van der Waals surface area contributed by atoms with Crippen LogP contribution in [0.4, 0.5) is 0 Å². The molecule has 2 aromatic rings. The van der Waals surface area contributed by atoms with E-state index in [4.69, 9.17) is 11.6 Å². The molecule has 0 radical (unpaired) electrons. The number of alkyl halides is 1. The van der Waals surface area contributed by atoms with Crippen LogP contribution in [0.15, 0.2) is 60.7 Å². The molecule has 1 N–H and O–H groups in total. The van der Waals surface area contributed by atoms with Gasteiger partial charge in [0.2, 0.25) is 0 Å². The summed E-state index contributed by atoms with van der Waals surface area (Å²) in [4.78, 5) is 11.6. The highest BCUT2D eigenvalue weighted by atomic mass is 35.5. The van der Waals surface area contributed by atoms with Gasteiger partial charge in [0.15, 0.2) is 0 Å². The van der Waals surface area contributed by atoms with E-state index in [0.717, 1.165) is 11.1 Å². The van der Waals surface area contributed by atoms with E-state index in [2.05, 4.69) is 0 Å². The molecular formula is C15H14ClNO2. The van der Waals surface area contributed by atoms with Crippen LogP contribution in [0.3, 0.4) is 0 Å².